The molecule has 2 fully saturated rings. The van der Waals surface area contributed by atoms with Crippen molar-refractivity contribution in [1.29, 1.82) is 0 Å². The fourth-order valence-corrected chi connectivity index (χ4v) is 3.05. The number of fused-ring (bicyclic) bond motifs is 1. The van der Waals surface area contributed by atoms with E-state index in [1.54, 1.807) is 0 Å². The minimum Gasteiger partial charge on any atom is -0.383 e. The van der Waals surface area contributed by atoms with E-state index < -0.39 is 0 Å². The summed E-state index contributed by atoms with van der Waals surface area (Å²) in [5.41, 5.74) is 11.4. The molecule has 6 heteroatoms. The van der Waals surface area contributed by atoms with E-state index in [2.05, 4.69) is 19.8 Å². The minimum absolute atomic E-state index is 0.262. The summed E-state index contributed by atoms with van der Waals surface area (Å²) in [6, 6.07) is 2.48. The van der Waals surface area contributed by atoms with Crippen LogP contribution in [0.3, 0.4) is 0 Å². The van der Waals surface area contributed by atoms with E-state index in [9.17, 15) is 0 Å². The summed E-state index contributed by atoms with van der Waals surface area (Å²) in [7, 11) is 0. The average molecular weight is 248 g/mol. The summed E-state index contributed by atoms with van der Waals surface area (Å²) in [6.07, 6.45) is 3.76. The van der Waals surface area contributed by atoms with Crippen LogP contribution in [0.25, 0.3) is 0 Å². The molecule has 2 saturated heterocycles. The molecular formula is C12H20N6. The van der Waals surface area contributed by atoms with E-state index in [0.29, 0.717) is 11.9 Å². The fourth-order valence-electron chi connectivity index (χ4n) is 3.05. The third-order valence-corrected chi connectivity index (χ3v) is 3.88. The third-order valence-electron chi connectivity index (χ3n) is 3.88. The van der Waals surface area contributed by atoms with Crippen molar-refractivity contribution in [3.05, 3.63) is 6.07 Å². The van der Waals surface area contributed by atoms with Gasteiger partial charge in [-0.15, -0.1) is 0 Å². The first kappa shape index (κ1) is 11.5. The monoisotopic (exact) mass is 248 g/mol. The van der Waals surface area contributed by atoms with Crippen molar-refractivity contribution in [1.82, 2.24) is 14.9 Å². The number of nitrogens with two attached hydrogens (primary N) is 2. The molecule has 1 aromatic rings. The maximum Gasteiger partial charge on any atom is 0.223 e. The van der Waals surface area contributed by atoms with Crippen LogP contribution < -0.4 is 16.4 Å². The number of nitrogen functional groups attached to an aromatic ring is 2. The van der Waals surface area contributed by atoms with Gasteiger partial charge in [-0.05, 0) is 25.8 Å². The minimum atomic E-state index is 0.262. The summed E-state index contributed by atoms with van der Waals surface area (Å²) in [5, 5.41) is 0. The lowest BCUT2D eigenvalue weighted by Gasteiger charge is -2.26. The Bertz CT molecular complexity index is 414. The van der Waals surface area contributed by atoms with E-state index in [1.807, 2.05) is 6.07 Å². The molecule has 4 N–H and O–H groups in total. The topological polar surface area (TPSA) is 84.3 Å². The van der Waals surface area contributed by atoms with Crippen molar-refractivity contribution >= 4 is 17.6 Å². The van der Waals surface area contributed by atoms with E-state index in [-0.39, 0.29) is 5.95 Å². The summed E-state index contributed by atoms with van der Waals surface area (Å²) in [4.78, 5) is 13.1. The summed E-state index contributed by atoms with van der Waals surface area (Å²) in [5.74, 6) is 1.58. The van der Waals surface area contributed by atoms with Crippen molar-refractivity contribution in [2.24, 2.45) is 0 Å². The van der Waals surface area contributed by atoms with Gasteiger partial charge in [0.15, 0.2) is 0 Å². The Morgan fingerprint density at radius 1 is 1.11 bits per heavy atom. The van der Waals surface area contributed by atoms with Gasteiger partial charge in [-0.25, -0.2) is 0 Å². The molecule has 0 amide bonds. The molecule has 0 saturated carbocycles. The van der Waals surface area contributed by atoms with Gasteiger partial charge in [0.25, 0.3) is 0 Å². The van der Waals surface area contributed by atoms with Gasteiger partial charge < -0.3 is 16.4 Å². The van der Waals surface area contributed by atoms with Crippen LogP contribution in [0, 0.1) is 0 Å². The fraction of sp³-hybridized carbons (Fsp3) is 0.667. The average Bonchev–Trinajstić information content (AvgIpc) is 2.65. The summed E-state index contributed by atoms with van der Waals surface area (Å²) in [6.45, 7) is 4.47. The van der Waals surface area contributed by atoms with E-state index in [0.717, 1.165) is 18.9 Å². The molecule has 1 aromatic heterocycles. The Morgan fingerprint density at radius 2 is 1.94 bits per heavy atom. The van der Waals surface area contributed by atoms with E-state index in [1.165, 1.54) is 32.4 Å². The molecule has 1 unspecified atom stereocenters. The van der Waals surface area contributed by atoms with Gasteiger partial charge in [0.2, 0.25) is 5.95 Å². The lowest BCUT2D eigenvalue weighted by atomic mass is 10.2. The molecule has 0 radical (unpaired) electrons. The van der Waals surface area contributed by atoms with Gasteiger partial charge >= 0.3 is 0 Å². The quantitative estimate of drug-likeness (QED) is 0.744. The second-order valence-electron chi connectivity index (χ2n) is 5.14. The molecule has 0 aromatic carbocycles. The Labute approximate surface area is 107 Å². The Kier molecular flexibility index (Phi) is 2.95. The Morgan fingerprint density at radius 3 is 2.78 bits per heavy atom. The van der Waals surface area contributed by atoms with Crippen molar-refractivity contribution in [2.45, 2.75) is 25.3 Å². The van der Waals surface area contributed by atoms with Gasteiger partial charge in [-0.2, -0.15) is 9.97 Å². The molecule has 6 nitrogen and oxygen atoms in total. The predicted molar refractivity (Wildman–Crippen MR) is 72.3 cm³/mol. The van der Waals surface area contributed by atoms with Crippen LogP contribution in [0.4, 0.5) is 17.6 Å². The molecule has 3 rings (SSSR count). The molecule has 2 aliphatic heterocycles. The number of hydrogen-bond donors (Lipinski definition) is 2. The lowest BCUT2D eigenvalue weighted by molar-refractivity contribution is 0.273. The van der Waals surface area contributed by atoms with Crippen LogP contribution in [0.2, 0.25) is 0 Å². The molecule has 0 bridgehead atoms. The number of anilines is 3. The normalized spacial score (nSPS) is 24.9. The molecule has 1 atom stereocenters. The van der Waals surface area contributed by atoms with Crippen LogP contribution in [0.1, 0.15) is 19.3 Å². The van der Waals surface area contributed by atoms with Gasteiger partial charge in [0, 0.05) is 31.7 Å². The molecule has 18 heavy (non-hydrogen) atoms. The van der Waals surface area contributed by atoms with Gasteiger partial charge in [0.1, 0.15) is 11.6 Å². The van der Waals surface area contributed by atoms with Gasteiger partial charge in [-0.1, -0.05) is 0 Å². The van der Waals surface area contributed by atoms with Crippen molar-refractivity contribution < 1.29 is 0 Å². The lowest BCUT2D eigenvalue weighted by Crippen LogP contribution is -2.37. The second kappa shape index (κ2) is 4.61. The summed E-state index contributed by atoms with van der Waals surface area (Å²) >= 11 is 0. The maximum atomic E-state index is 5.74. The molecule has 98 valence electrons. The van der Waals surface area contributed by atoms with Crippen LogP contribution in [0.5, 0.6) is 0 Å². The maximum absolute atomic E-state index is 5.74. The van der Waals surface area contributed by atoms with Crippen LogP contribution in [0.15, 0.2) is 6.07 Å². The van der Waals surface area contributed by atoms with Crippen LogP contribution >= 0.6 is 0 Å². The third kappa shape index (κ3) is 2.20. The molecule has 2 aliphatic rings. The molecule has 0 aliphatic carbocycles. The summed E-state index contributed by atoms with van der Waals surface area (Å²) < 4.78 is 0. The highest BCUT2D eigenvalue weighted by molar-refractivity contribution is 5.50. The highest BCUT2D eigenvalue weighted by Gasteiger charge is 2.29. The van der Waals surface area contributed by atoms with E-state index >= 15 is 0 Å². The zero-order valence-corrected chi connectivity index (χ0v) is 10.5. The zero-order valence-electron chi connectivity index (χ0n) is 10.5. The zero-order chi connectivity index (χ0) is 12.5. The Balaban J connectivity index is 1.82. The first-order chi connectivity index (χ1) is 8.72. The molecule has 0 spiro atoms. The number of hydrogen-bond acceptors (Lipinski definition) is 6. The second-order valence-corrected chi connectivity index (χ2v) is 5.14. The largest absolute Gasteiger partial charge is 0.383 e. The van der Waals surface area contributed by atoms with Crippen LogP contribution in [-0.4, -0.2) is 47.1 Å². The Hall–Kier alpha value is -1.56. The standard InChI is InChI=1S/C12H20N6/c13-10-7-11(16-12(14)15-10)18-6-2-5-17-4-1-3-9(17)8-18/h7,9H,1-6,8H2,(H4,13,14,15,16). The highest BCUT2D eigenvalue weighted by Crippen LogP contribution is 2.24. The number of rotatable bonds is 1. The molecular weight excluding hydrogens is 228 g/mol. The molecule has 3 heterocycles. The smallest absolute Gasteiger partial charge is 0.223 e. The first-order valence-corrected chi connectivity index (χ1v) is 6.61. The van der Waals surface area contributed by atoms with Crippen molar-refractivity contribution in [3.63, 3.8) is 0 Å². The van der Waals surface area contributed by atoms with Crippen molar-refractivity contribution in [2.75, 3.05) is 42.5 Å². The SMILES string of the molecule is Nc1cc(N2CCCN3CCCC3C2)nc(N)n1. The predicted octanol–water partition coefficient (Wildman–Crippen LogP) is 0.316. The van der Waals surface area contributed by atoms with Gasteiger partial charge in [0.05, 0.1) is 0 Å². The highest BCUT2D eigenvalue weighted by atomic mass is 15.3. The van der Waals surface area contributed by atoms with Crippen LogP contribution in [-0.2, 0) is 0 Å². The number of nitrogens with zero attached hydrogens (tertiary/aromatic N) is 4. The van der Waals surface area contributed by atoms with Crippen molar-refractivity contribution in [3.8, 4) is 0 Å². The first-order valence-electron chi connectivity index (χ1n) is 6.61. The van der Waals surface area contributed by atoms with Gasteiger partial charge in [-0.3, -0.25) is 4.90 Å². The van der Waals surface area contributed by atoms with E-state index in [4.69, 9.17) is 11.5 Å². The number of aromatic nitrogens is 2.